The molecule has 1 aliphatic carbocycles. The Morgan fingerprint density at radius 3 is 2.42 bits per heavy atom. The molecular weight excluding hydrogens is 329 g/mol. The molecule has 1 aromatic carbocycles. The number of anilines is 3. The Labute approximate surface area is 154 Å². The fourth-order valence-electron chi connectivity index (χ4n) is 3.91. The summed E-state index contributed by atoms with van der Waals surface area (Å²) >= 11 is 0. The Morgan fingerprint density at radius 1 is 0.923 bits per heavy atom. The third kappa shape index (κ3) is 3.89. The largest absolute Gasteiger partial charge is 0.366 e. The molecular formula is C20H26FN5. The minimum absolute atomic E-state index is 0.151. The molecule has 0 spiro atoms. The minimum atomic E-state index is -0.151. The fourth-order valence-corrected chi connectivity index (χ4v) is 3.91. The third-order valence-electron chi connectivity index (χ3n) is 5.38. The molecule has 0 bridgehead atoms. The number of para-hydroxylation sites is 1. The normalized spacial score (nSPS) is 18.8. The first-order chi connectivity index (χ1) is 12.8. The van der Waals surface area contributed by atoms with E-state index in [1.807, 2.05) is 24.4 Å². The summed E-state index contributed by atoms with van der Waals surface area (Å²) in [5, 5.41) is 3.49. The van der Waals surface area contributed by atoms with Crippen LogP contribution in [0.2, 0.25) is 0 Å². The van der Waals surface area contributed by atoms with E-state index in [-0.39, 0.29) is 5.82 Å². The van der Waals surface area contributed by atoms with Crippen molar-refractivity contribution in [3.63, 3.8) is 0 Å². The monoisotopic (exact) mass is 355 g/mol. The summed E-state index contributed by atoms with van der Waals surface area (Å²) in [7, 11) is 0. The van der Waals surface area contributed by atoms with Gasteiger partial charge in [-0.05, 0) is 31.0 Å². The van der Waals surface area contributed by atoms with Crippen LogP contribution >= 0.6 is 0 Å². The Morgan fingerprint density at radius 2 is 1.65 bits per heavy atom. The van der Waals surface area contributed by atoms with Crippen LogP contribution in [-0.4, -0.2) is 42.2 Å². The van der Waals surface area contributed by atoms with Crippen molar-refractivity contribution in [2.24, 2.45) is 0 Å². The summed E-state index contributed by atoms with van der Waals surface area (Å²) in [5.41, 5.74) is 0.689. The maximum atomic E-state index is 14.0. The summed E-state index contributed by atoms with van der Waals surface area (Å²) in [4.78, 5) is 13.5. The molecule has 2 aliphatic rings. The maximum absolute atomic E-state index is 14.0. The lowest BCUT2D eigenvalue weighted by Gasteiger charge is -2.36. The van der Waals surface area contributed by atoms with E-state index < -0.39 is 0 Å². The van der Waals surface area contributed by atoms with Crippen molar-refractivity contribution in [1.82, 2.24) is 9.97 Å². The van der Waals surface area contributed by atoms with E-state index in [0.29, 0.717) is 11.7 Å². The number of piperazine rings is 1. The lowest BCUT2D eigenvalue weighted by Crippen LogP contribution is -2.47. The molecule has 26 heavy (non-hydrogen) atoms. The molecule has 2 aromatic rings. The molecule has 1 saturated heterocycles. The molecule has 1 N–H and O–H groups in total. The van der Waals surface area contributed by atoms with Gasteiger partial charge in [0, 0.05) is 38.4 Å². The highest BCUT2D eigenvalue weighted by Crippen LogP contribution is 2.23. The number of hydrogen-bond donors (Lipinski definition) is 1. The van der Waals surface area contributed by atoms with Crippen LogP contribution in [-0.2, 0) is 0 Å². The number of aromatic nitrogens is 2. The van der Waals surface area contributed by atoms with E-state index in [1.54, 1.807) is 6.07 Å². The van der Waals surface area contributed by atoms with Gasteiger partial charge in [0.25, 0.3) is 0 Å². The third-order valence-corrected chi connectivity index (χ3v) is 5.38. The topological polar surface area (TPSA) is 44.3 Å². The number of halogens is 1. The van der Waals surface area contributed by atoms with Crippen molar-refractivity contribution < 1.29 is 4.39 Å². The summed E-state index contributed by atoms with van der Waals surface area (Å²) in [5.74, 6) is 1.53. The van der Waals surface area contributed by atoms with Gasteiger partial charge in [-0.15, -0.1) is 0 Å². The average Bonchev–Trinajstić information content (AvgIpc) is 2.70. The van der Waals surface area contributed by atoms with E-state index in [2.05, 4.69) is 20.1 Å². The van der Waals surface area contributed by atoms with Crippen molar-refractivity contribution in [3.8, 4) is 0 Å². The predicted octanol–water partition coefficient (Wildman–Crippen LogP) is 3.69. The van der Waals surface area contributed by atoms with Crippen LogP contribution in [0.3, 0.4) is 0 Å². The van der Waals surface area contributed by atoms with Crippen LogP contribution in [0.1, 0.15) is 32.1 Å². The molecule has 138 valence electrons. The zero-order chi connectivity index (χ0) is 17.8. The van der Waals surface area contributed by atoms with Gasteiger partial charge in [0.1, 0.15) is 11.6 Å². The number of benzene rings is 1. The zero-order valence-corrected chi connectivity index (χ0v) is 15.1. The molecule has 1 aromatic heterocycles. The first-order valence-electron chi connectivity index (χ1n) is 9.63. The number of rotatable bonds is 4. The van der Waals surface area contributed by atoms with Crippen molar-refractivity contribution >= 4 is 17.5 Å². The molecule has 2 heterocycles. The van der Waals surface area contributed by atoms with E-state index in [9.17, 15) is 4.39 Å². The molecule has 0 atom stereocenters. The second-order valence-corrected chi connectivity index (χ2v) is 7.14. The summed E-state index contributed by atoms with van der Waals surface area (Å²) in [6.07, 6.45) is 8.15. The Kier molecular flexibility index (Phi) is 5.18. The molecule has 2 fully saturated rings. The highest BCUT2D eigenvalue weighted by Gasteiger charge is 2.21. The van der Waals surface area contributed by atoms with Gasteiger partial charge in [-0.1, -0.05) is 31.4 Å². The standard InChI is InChI=1S/C20H26FN5/c21-17-8-4-5-9-18(17)25-12-14-26(15-13-25)19-10-11-22-20(24-19)23-16-6-2-1-3-7-16/h4-5,8-11,16H,1-3,6-7,12-15H2,(H,22,23,24). The van der Waals surface area contributed by atoms with Crippen LogP contribution in [0.15, 0.2) is 36.5 Å². The van der Waals surface area contributed by atoms with Crippen molar-refractivity contribution in [2.45, 2.75) is 38.1 Å². The van der Waals surface area contributed by atoms with Gasteiger partial charge in [0.15, 0.2) is 0 Å². The van der Waals surface area contributed by atoms with Gasteiger partial charge in [0.2, 0.25) is 5.95 Å². The quantitative estimate of drug-likeness (QED) is 0.906. The van der Waals surface area contributed by atoms with Crippen LogP contribution in [0, 0.1) is 5.82 Å². The molecule has 6 heteroatoms. The van der Waals surface area contributed by atoms with Crippen LogP contribution in [0.4, 0.5) is 21.8 Å². The smallest absolute Gasteiger partial charge is 0.224 e. The maximum Gasteiger partial charge on any atom is 0.224 e. The van der Waals surface area contributed by atoms with Crippen molar-refractivity contribution in [2.75, 3.05) is 41.3 Å². The summed E-state index contributed by atoms with van der Waals surface area (Å²) < 4.78 is 14.0. The lowest BCUT2D eigenvalue weighted by molar-refractivity contribution is 0.461. The molecule has 4 rings (SSSR count). The van der Waals surface area contributed by atoms with Gasteiger partial charge >= 0.3 is 0 Å². The molecule has 5 nitrogen and oxygen atoms in total. The highest BCUT2D eigenvalue weighted by atomic mass is 19.1. The van der Waals surface area contributed by atoms with E-state index in [4.69, 9.17) is 4.98 Å². The first kappa shape index (κ1) is 17.1. The fraction of sp³-hybridized carbons (Fsp3) is 0.500. The second-order valence-electron chi connectivity index (χ2n) is 7.14. The van der Waals surface area contributed by atoms with Gasteiger partial charge in [-0.25, -0.2) is 9.37 Å². The molecule has 0 amide bonds. The number of nitrogens with one attached hydrogen (secondary N) is 1. The van der Waals surface area contributed by atoms with Gasteiger partial charge in [-0.3, -0.25) is 0 Å². The van der Waals surface area contributed by atoms with Gasteiger partial charge in [0.05, 0.1) is 5.69 Å². The molecule has 1 saturated carbocycles. The van der Waals surface area contributed by atoms with Crippen molar-refractivity contribution in [1.29, 1.82) is 0 Å². The second kappa shape index (κ2) is 7.89. The molecule has 0 unspecified atom stereocenters. The zero-order valence-electron chi connectivity index (χ0n) is 15.1. The predicted molar refractivity (Wildman–Crippen MR) is 103 cm³/mol. The average molecular weight is 355 g/mol. The Bertz CT molecular complexity index is 724. The SMILES string of the molecule is Fc1ccccc1N1CCN(c2ccnc(NC3CCCCC3)n2)CC1. The van der Waals surface area contributed by atoms with E-state index in [0.717, 1.165) is 37.9 Å². The Balaban J connectivity index is 1.38. The van der Waals surface area contributed by atoms with E-state index >= 15 is 0 Å². The first-order valence-corrected chi connectivity index (χ1v) is 9.63. The Hall–Kier alpha value is -2.37. The molecule has 0 radical (unpaired) electrons. The van der Waals surface area contributed by atoms with Gasteiger partial charge in [-0.2, -0.15) is 4.98 Å². The van der Waals surface area contributed by atoms with Crippen LogP contribution in [0.25, 0.3) is 0 Å². The minimum Gasteiger partial charge on any atom is -0.366 e. The van der Waals surface area contributed by atoms with Crippen LogP contribution < -0.4 is 15.1 Å². The van der Waals surface area contributed by atoms with Crippen molar-refractivity contribution in [3.05, 3.63) is 42.3 Å². The van der Waals surface area contributed by atoms with E-state index in [1.165, 1.54) is 38.2 Å². The molecule has 1 aliphatic heterocycles. The van der Waals surface area contributed by atoms with Crippen LogP contribution in [0.5, 0.6) is 0 Å². The number of hydrogen-bond acceptors (Lipinski definition) is 5. The lowest BCUT2D eigenvalue weighted by atomic mass is 9.96. The summed E-state index contributed by atoms with van der Waals surface area (Å²) in [6, 6.07) is 9.45. The summed E-state index contributed by atoms with van der Waals surface area (Å²) in [6.45, 7) is 3.23. The van der Waals surface area contributed by atoms with Gasteiger partial charge < -0.3 is 15.1 Å². The number of nitrogens with zero attached hydrogens (tertiary/aromatic N) is 4. The highest BCUT2D eigenvalue weighted by molar-refractivity contribution is 5.51.